The number of fused-ring (bicyclic) bond motifs is 1. The van der Waals surface area contributed by atoms with E-state index in [0.717, 1.165) is 11.0 Å². The third-order valence-electron chi connectivity index (χ3n) is 3.75. The monoisotopic (exact) mass is 358 g/mol. The molecule has 0 aliphatic rings. The zero-order chi connectivity index (χ0) is 18.5. The number of nitrogens with zero attached hydrogens (tertiary/aromatic N) is 2. The number of hydrogen-bond acceptors (Lipinski definition) is 5. The molecule has 0 radical (unpaired) electrons. The molecule has 4 N–H and O–H groups in total. The predicted octanol–water partition coefficient (Wildman–Crippen LogP) is 1.53. The van der Waals surface area contributed by atoms with Gasteiger partial charge in [0, 0.05) is 12.6 Å². The Morgan fingerprint density at radius 3 is 2.65 bits per heavy atom. The molecule has 0 aliphatic heterocycles. The molecule has 26 heavy (non-hydrogen) atoms. The second-order valence-corrected chi connectivity index (χ2v) is 5.68. The van der Waals surface area contributed by atoms with E-state index in [1.54, 1.807) is 30.3 Å². The van der Waals surface area contributed by atoms with Gasteiger partial charge in [0.1, 0.15) is 23.1 Å². The number of nitrogens with one attached hydrogen (secondary N) is 1. The van der Waals surface area contributed by atoms with Gasteiger partial charge in [-0.15, -0.1) is 0 Å². The number of carbonyl (C=O) groups excluding carboxylic acids is 1. The molecule has 3 aromatic rings. The highest BCUT2D eigenvalue weighted by Crippen LogP contribution is 2.26. The zero-order valence-corrected chi connectivity index (χ0v) is 14.0. The summed E-state index contributed by atoms with van der Waals surface area (Å²) < 4.78 is 20.6. The molecule has 0 unspecified atom stereocenters. The fraction of sp³-hybridized carbons (Fsp3) is 0.222. The number of rotatable bonds is 8. The molecule has 0 saturated heterocycles. The van der Waals surface area contributed by atoms with Crippen LogP contribution in [0.3, 0.4) is 0 Å². The van der Waals surface area contributed by atoms with Gasteiger partial charge in [-0.25, -0.2) is 9.37 Å². The van der Waals surface area contributed by atoms with Gasteiger partial charge in [0.2, 0.25) is 5.91 Å². The summed E-state index contributed by atoms with van der Waals surface area (Å²) in [5, 5.41) is 12.3. The van der Waals surface area contributed by atoms with Gasteiger partial charge >= 0.3 is 0 Å². The molecular weight excluding hydrogens is 339 g/mol. The average Bonchev–Trinajstić information content (AvgIpc) is 2.94. The van der Waals surface area contributed by atoms with Gasteiger partial charge in [-0.2, -0.15) is 0 Å². The van der Waals surface area contributed by atoms with Crippen molar-refractivity contribution in [2.75, 3.05) is 13.2 Å². The number of halogens is 1. The van der Waals surface area contributed by atoms with Crippen molar-refractivity contribution in [1.82, 2.24) is 14.9 Å². The number of aliphatic hydroxyl groups excluding tert-OH is 1. The van der Waals surface area contributed by atoms with Crippen LogP contribution in [0.15, 0.2) is 42.5 Å². The highest BCUT2D eigenvalue weighted by Gasteiger charge is 2.12. The van der Waals surface area contributed by atoms with Crippen molar-refractivity contribution < 1.29 is 19.0 Å². The van der Waals surface area contributed by atoms with Gasteiger partial charge < -0.3 is 25.5 Å². The van der Waals surface area contributed by atoms with E-state index in [4.69, 9.17) is 10.5 Å². The van der Waals surface area contributed by atoms with Gasteiger partial charge in [0.15, 0.2) is 0 Å². The Kier molecular flexibility index (Phi) is 5.45. The zero-order valence-electron chi connectivity index (χ0n) is 14.0. The Morgan fingerprint density at radius 1 is 1.23 bits per heavy atom. The van der Waals surface area contributed by atoms with Crippen molar-refractivity contribution in [2.24, 2.45) is 5.73 Å². The lowest BCUT2D eigenvalue weighted by Crippen LogP contribution is -2.29. The Labute approximate surface area is 149 Å². The number of hydrogen-bond donors (Lipinski definition) is 3. The molecule has 1 heterocycles. The third-order valence-corrected chi connectivity index (χ3v) is 3.75. The summed E-state index contributed by atoms with van der Waals surface area (Å²) in [6, 6.07) is 11.1. The topological polar surface area (TPSA) is 102 Å². The number of benzene rings is 2. The molecule has 8 heteroatoms. The summed E-state index contributed by atoms with van der Waals surface area (Å²) in [7, 11) is 0. The predicted molar refractivity (Wildman–Crippen MR) is 94.2 cm³/mol. The summed E-state index contributed by atoms with van der Waals surface area (Å²) in [6.07, 6.45) is 0. The van der Waals surface area contributed by atoms with Crippen molar-refractivity contribution in [3.8, 4) is 11.5 Å². The van der Waals surface area contributed by atoms with Crippen molar-refractivity contribution in [2.45, 2.75) is 13.1 Å². The maximum Gasteiger partial charge on any atom is 0.231 e. The molecule has 0 saturated carbocycles. The Morgan fingerprint density at radius 2 is 1.96 bits per heavy atom. The SMILES string of the molecule is NC(=O)CNCc1nc2ccc(Oc3ccc(F)cc3)cc2n1CCO. The van der Waals surface area contributed by atoms with Crippen molar-refractivity contribution >= 4 is 16.9 Å². The van der Waals surface area contributed by atoms with Gasteiger partial charge in [0.05, 0.1) is 30.7 Å². The first-order valence-electron chi connectivity index (χ1n) is 8.09. The van der Waals surface area contributed by atoms with Crippen LogP contribution in [-0.4, -0.2) is 33.7 Å². The van der Waals surface area contributed by atoms with Crippen LogP contribution in [-0.2, 0) is 17.9 Å². The lowest BCUT2D eigenvalue weighted by Gasteiger charge is -2.09. The van der Waals surface area contributed by atoms with Gasteiger partial charge in [-0.3, -0.25) is 4.79 Å². The van der Waals surface area contributed by atoms with E-state index in [2.05, 4.69) is 10.3 Å². The number of ether oxygens (including phenoxy) is 1. The van der Waals surface area contributed by atoms with Crippen LogP contribution in [0.5, 0.6) is 11.5 Å². The van der Waals surface area contributed by atoms with Crippen LogP contribution < -0.4 is 15.8 Å². The molecular formula is C18H19FN4O3. The quantitative estimate of drug-likeness (QED) is 0.567. The fourth-order valence-electron chi connectivity index (χ4n) is 2.64. The van der Waals surface area contributed by atoms with Crippen LogP contribution in [0, 0.1) is 5.82 Å². The normalized spacial score (nSPS) is 11.0. The van der Waals surface area contributed by atoms with Crippen LogP contribution >= 0.6 is 0 Å². The Bertz CT molecular complexity index is 909. The molecule has 2 aromatic carbocycles. The van der Waals surface area contributed by atoms with Gasteiger partial charge in [-0.1, -0.05) is 0 Å². The lowest BCUT2D eigenvalue weighted by molar-refractivity contribution is -0.117. The lowest BCUT2D eigenvalue weighted by atomic mass is 10.3. The second kappa shape index (κ2) is 7.94. The molecule has 0 bridgehead atoms. The smallest absolute Gasteiger partial charge is 0.231 e. The Balaban J connectivity index is 1.87. The summed E-state index contributed by atoms with van der Waals surface area (Å²) in [5.41, 5.74) is 6.65. The van der Waals surface area contributed by atoms with Crippen LogP contribution in [0.2, 0.25) is 0 Å². The minimum atomic E-state index is -0.454. The number of nitrogens with two attached hydrogens (primary N) is 1. The molecule has 1 aromatic heterocycles. The molecule has 0 aliphatic carbocycles. The van der Waals surface area contributed by atoms with E-state index in [0.29, 0.717) is 30.4 Å². The number of aromatic nitrogens is 2. The minimum Gasteiger partial charge on any atom is -0.457 e. The number of primary amides is 1. The number of amides is 1. The summed E-state index contributed by atoms with van der Waals surface area (Å²) in [4.78, 5) is 15.4. The largest absolute Gasteiger partial charge is 0.457 e. The van der Waals surface area contributed by atoms with Gasteiger partial charge in [0.25, 0.3) is 0 Å². The van der Waals surface area contributed by atoms with Crippen LogP contribution in [0.1, 0.15) is 5.82 Å². The van der Waals surface area contributed by atoms with Crippen molar-refractivity contribution in [3.05, 3.63) is 54.1 Å². The van der Waals surface area contributed by atoms with Gasteiger partial charge in [-0.05, 0) is 36.4 Å². The highest BCUT2D eigenvalue weighted by atomic mass is 19.1. The molecule has 3 rings (SSSR count). The Hall–Kier alpha value is -2.97. The van der Waals surface area contributed by atoms with Crippen LogP contribution in [0.4, 0.5) is 4.39 Å². The van der Waals surface area contributed by atoms with Crippen molar-refractivity contribution in [1.29, 1.82) is 0 Å². The first-order valence-corrected chi connectivity index (χ1v) is 8.09. The molecule has 0 spiro atoms. The molecule has 0 atom stereocenters. The van der Waals surface area contributed by atoms with E-state index in [-0.39, 0.29) is 19.0 Å². The fourth-order valence-corrected chi connectivity index (χ4v) is 2.64. The molecule has 136 valence electrons. The average molecular weight is 358 g/mol. The van der Waals surface area contributed by atoms with E-state index >= 15 is 0 Å². The molecule has 7 nitrogen and oxygen atoms in total. The standard InChI is InChI=1S/C18H19FN4O3/c19-12-1-3-13(4-2-12)26-14-5-6-15-16(9-14)23(7-8-24)18(22-15)11-21-10-17(20)25/h1-6,9,21,24H,7-8,10-11H2,(H2,20,25). The summed E-state index contributed by atoms with van der Waals surface area (Å²) in [5.74, 6) is 0.975. The highest BCUT2D eigenvalue weighted by molar-refractivity contribution is 5.78. The van der Waals surface area contributed by atoms with E-state index in [1.807, 2.05) is 4.57 Å². The number of carbonyl (C=O) groups is 1. The third kappa shape index (κ3) is 4.16. The van der Waals surface area contributed by atoms with Crippen LogP contribution in [0.25, 0.3) is 11.0 Å². The van der Waals surface area contributed by atoms with E-state index < -0.39 is 5.91 Å². The van der Waals surface area contributed by atoms with E-state index in [9.17, 15) is 14.3 Å². The number of aliphatic hydroxyl groups is 1. The molecule has 1 amide bonds. The second-order valence-electron chi connectivity index (χ2n) is 5.68. The minimum absolute atomic E-state index is 0.0429. The maximum atomic E-state index is 13.0. The van der Waals surface area contributed by atoms with Crippen molar-refractivity contribution in [3.63, 3.8) is 0 Å². The maximum absolute atomic E-state index is 13.0. The molecule has 0 fully saturated rings. The first kappa shape index (κ1) is 17.8. The summed E-state index contributed by atoms with van der Waals surface area (Å²) in [6.45, 7) is 0.675. The number of imidazole rings is 1. The summed E-state index contributed by atoms with van der Waals surface area (Å²) >= 11 is 0. The van der Waals surface area contributed by atoms with E-state index in [1.165, 1.54) is 12.1 Å². The first-order chi connectivity index (χ1) is 12.6.